The molecule has 0 heterocycles. The van der Waals surface area contributed by atoms with Gasteiger partial charge in [0.2, 0.25) is 0 Å². The van der Waals surface area contributed by atoms with Crippen molar-refractivity contribution < 1.29 is 4.74 Å². The zero-order valence-electron chi connectivity index (χ0n) is 12.9. The summed E-state index contributed by atoms with van der Waals surface area (Å²) in [6.45, 7) is 12.5. The van der Waals surface area contributed by atoms with Gasteiger partial charge in [0, 0.05) is 6.42 Å². The second kappa shape index (κ2) is 7.18. The minimum atomic E-state index is 0.460. The Kier molecular flexibility index (Phi) is 5.88. The molecule has 0 saturated heterocycles. The quantitative estimate of drug-likeness (QED) is 0.690. The predicted octanol–water partition coefficient (Wildman–Crippen LogP) is 5.39. The van der Waals surface area contributed by atoms with Crippen LogP contribution in [0.3, 0.4) is 0 Å². The first-order valence-electron chi connectivity index (χ1n) is 7.04. The van der Waals surface area contributed by atoms with Crippen molar-refractivity contribution in [1.29, 1.82) is 0 Å². The summed E-state index contributed by atoms with van der Waals surface area (Å²) in [5.74, 6) is 2.31. The lowest BCUT2D eigenvalue weighted by Crippen LogP contribution is -2.05. The molecular weight excluding hydrogens is 232 g/mol. The summed E-state index contributed by atoms with van der Waals surface area (Å²) in [6.07, 6.45) is 6.32. The Bertz CT molecular complexity index is 480. The van der Waals surface area contributed by atoms with E-state index in [1.54, 1.807) is 0 Å². The van der Waals surface area contributed by atoms with E-state index in [0.29, 0.717) is 5.92 Å². The molecule has 1 radical (unpaired) electrons. The number of allylic oxidation sites excluding steroid dienone is 3. The zero-order valence-corrected chi connectivity index (χ0v) is 12.9. The predicted molar refractivity (Wildman–Crippen MR) is 83.2 cm³/mol. The number of ether oxygens (including phenoxy) is 1. The van der Waals surface area contributed by atoms with Crippen molar-refractivity contribution in [3.8, 4) is 5.75 Å². The molecule has 0 saturated carbocycles. The van der Waals surface area contributed by atoms with Crippen molar-refractivity contribution in [2.75, 3.05) is 0 Å². The molecule has 2 rings (SSSR count). The fraction of sp³-hybridized carbons (Fsp3) is 0.389. The molecule has 0 bridgehead atoms. The van der Waals surface area contributed by atoms with E-state index in [1.165, 1.54) is 16.7 Å². The summed E-state index contributed by atoms with van der Waals surface area (Å²) in [5, 5.41) is 0. The Hall–Kier alpha value is -1.50. The Balaban J connectivity index is 0.000000861. The molecule has 1 nitrogen and oxygen atoms in total. The van der Waals surface area contributed by atoms with Crippen LogP contribution in [0.5, 0.6) is 5.75 Å². The largest absolute Gasteiger partial charge is 0.461 e. The van der Waals surface area contributed by atoms with Gasteiger partial charge in [-0.1, -0.05) is 38.5 Å². The Morgan fingerprint density at radius 2 is 1.68 bits per heavy atom. The first kappa shape index (κ1) is 15.6. The molecule has 1 unspecified atom stereocenters. The molecule has 1 atom stereocenters. The lowest BCUT2D eigenvalue weighted by molar-refractivity contribution is 0.428. The Morgan fingerprint density at radius 1 is 1.00 bits per heavy atom. The molecule has 0 spiro atoms. The SMILES string of the molecule is CC.CC1=C[CH]C(Oc2ccc(C)c(C)c2)=CC1C. The summed E-state index contributed by atoms with van der Waals surface area (Å²) in [6, 6.07) is 6.20. The molecule has 0 fully saturated rings. The highest BCUT2D eigenvalue weighted by Gasteiger charge is 2.11. The molecule has 0 amide bonds. The molecule has 1 aromatic rings. The van der Waals surface area contributed by atoms with Crippen LogP contribution in [-0.4, -0.2) is 0 Å². The van der Waals surface area contributed by atoms with Crippen molar-refractivity contribution in [2.45, 2.75) is 41.5 Å². The molecule has 1 heteroatoms. The Morgan fingerprint density at radius 3 is 2.26 bits per heavy atom. The minimum absolute atomic E-state index is 0.460. The fourth-order valence-electron chi connectivity index (χ4n) is 1.78. The van der Waals surface area contributed by atoms with E-state index in [9.17, 15) is 0 Å². The maximum absolute atomic E-state index is 5.87. The van der Waals surface area contributed by atoms with Gasteiger partial charge < -0.3 is 4.74 Å². The van der Waals surface area contributed by atoms with E-state index in [4.69, 9.17) is 4.74 Å². The Labute approximate surface area is 118 Å². The van der Waals surface area contributed by atoms with Gasteiger partial charge in [-0.25, -0.2) is 0 Å². The lowest BCUT2D eigenvalue weighted by atomic mass is 9.96. The fourth-order valence-corrected chi connectivity index (χ4v) is 1.78. The molecule has 1 aliphatic rings. The molecule has 0 N–H and O–H groups in total. The highest BCUT2D eigenvalue weighted by atomic mass is 16.5. The van der Waals surface area contributed by atoms with Crippen molar-refractivity contribution >= 4 is 0 Å². The van der Waals surface area contributed by atoms with Gasteiger partial charge in [-0.3, -0.25) is 0 Å². The topological polar surface area (TPSA) is 9.23 Å². The third-order valence-corrected chi connectivity index (χ3v) is 3.36. The van der Waals surface area contributed by atoms with E-state index in [-0.39, 0.29) is 0 Å². The smallest absolute Gasteiger partial charge is 0.127 e. The van der Waals surface area contributed by atoms with E-state index in [0.717, 1.165) is 11.5 Å². The van der Waals surface area contributed by atoms with Gasteiger partial charge in [0.25, 0.3) is 0 Å². The third-order valence-electron chi connectivity index (χ3n) is 3.36. The van der Waals surface area contributed by atoms with Gasteiger partial charge >= 0.3 is 0 Å². The van der Waals surface area contributed by atoms with Crippen LogP contribution in [0.4, 0.5) is 0 Å². The van der Waals surface area contributed by atoms with Gasteiger partial charge in [0.1, 0.15) is 11.5 Å². The summed E-state index contributed by atoms with van der Waals surface area (Å²) < 4.78 is 5.87. The van der Waals surface area contributed by atoms with Gasteiger partial charge in [0.15, 0.2) is 0 Å². The first-order chi connectivity index (χ1) is 9.06. The average molecular weight is 257 g/mol. The van der Waals surface area contributed by atoms with Crippen molar-refractivity contribution in [3.63, 3.8) is 0 Å². The molecule has 19 heavy (non-hydrogen) atoms. The first-order valence-corrected chi connectivity index (χ1v) is 7.04. The summed E-state index contributed by atoms with van der Waals surface area (Å²) in [7, 11) is 0. The van der Waals surface area contributed by atoms with Crippen LogP contribution in [-0.2, 0) is 0 Å². The van der Waals surface area contributed by atoms with E-state index >= 15 is 0 Å². The highest BCUT2D eigenvalue weighted by molar-refractivity contribution is 5.37. The van der Waals surface area contributed by atoms with Crippen molar-refractivity contribution in [1.82, 2.24) is 0 Å². The van der Waals surface area contributed by atoms with Crippen LogP contribution in [0.25, 0.3) is 0 Å². The second-order valence-corrected chi connectivity index (χ2v) is 4.78. The molecule has 103 valence electrons. The molecule has 1 aliphatic carbocycles. The highest BCUT2D eigenvalue weighted by Crippen LogP contribution is 2.25. The van der Waals surface area contributed by atoms with Crippen LogP contribution >= 0.6 is 0 Å². The summed E-state index contributed by atoms with van der Waals surface area (Å²) in [5.41, 5.74) is 3.93. The van der Waals surface area contributed by atoms with Crippen LogP contribution in [0.15, 0.2) is 41.7 Å². The molecule has 0 aliphatic heterocycles. The van der Waals surface area contributed by atoms with Gasteiger partial charge in [0.05, 0.1) is 0 Å². The van der Waals surface area contributed by atoms with Gasteiger partial charge in [-0.15, -0.1) is 0 Å². The summed E-state index contributed by atoms with van der Waals surface area (Å²) in [4.78, 5) is 0. The maximum Gasteiger partial charge on any atom is 0.127 e. The van der Waals surface area contributed by atoms with E-state index in [2.05, 4.69) is 52.0 Å². The van der Waals surface area contributed by atoms with Crippen LogP contribution in [0, 0.1) is 26.2 Å². The van der Waals surface area contributed by atoms with Crippen LogP contribution in [0.1, 0.15) is 38.8 Å². The second-order valence-electron chi connectivity index (χ2n) is 4.78. The number of hydrogen-bond acceptors (Lipinski definition) is 1. The number of aryl methyl sites for hydroxylation is 2. The van der Waals surface area contributed by atoms with Crippen molar-refractivity contribution in [3.05, 3.63) is 59.2 Å². The van der Waals surface area contributed by atoms with Gasteiger partial charge in [-0.2, -0.15) is 0 Å². The zero-order chi connectivity index (χ0) is 14.4. The van der Waals surface area contributed by atoms with E-state index < -0.39 is 0 Å². The van der Waals surface area contributed by atoms with Gasteiger partial charge in [-0.05, 0) is 56.0 Å². The van der Waals surface area contributed by atoms with Crippen LogP contribution < -0.4 is 4.74 Å². The normalized spacial score (nSPS) is 17.9. The van der Waals surface area contributed by atoms with E-state index in [1.807, 2.05) is 26.3 Å². The average Bonchev–Trinajstić information content (AvgIpc) is 2.41. The standard InChI is InChI=1S/C16H19O.C2H6/c1-11-5-7-15(9-13(11)3)17-16-8-6-12(2)14(4)10-16;1-2/h5-10,13H,1-4H3;1-2H3. The molecule has 1 aromatic carbocycles. The summed E-state index contributed by atoms with van der Waals surface area (Å²) >= 11 is 0. The molecule has 0 aromatic heterocycles. The van der Waals surface area contributed by atoms with Crippen LogP contribution in [0.2, 0.25) is 0 Å². The maximum atomic E-state index is 5.87. The number of hydrogen-bond donors (Lipinski definition) is 0. The third kappa shape index (κ3) is 4.27. The van der Waals surface area contributed by atoms with Crippen molar-refractivity contribution in [2.24, 2.45) is 5.92 Å². The lowest BCUT2D eigenvalue weighted by Gasteiger charge is -2.17. The monoisotopic (exact) mass is 257 g/mol. The minimum Gasteiger partial charge on any atom is -0.461 e. The number of benzene rings is 1. The number of rotatable bonds is 2. The molecular formula is C18H25O.